The van der Waals surface area contributed by atoms with E-state index in [1.807, 2.05) is 6.92 Å². The van der Waals surface area contributed by atoms with Crippen LogP contribution in [0.1, 0.15) is 17.3 Å². The second kappa shape index (κ2) is 4.89. The predicted molar refractivity (Wildman–Crippen MR) is 70.4 cm³/mol. The highest BCUT2D eigenvalue weighted by Crippen LogP contribution is 2.30. The van der Waals surface area contributed by atoms with E-state index in [9.17, 15) is 9.59 Å². The number of benzene rings is 1. The Balaban J connectivity index is 2.26. The predicted octanol–water partition coefficient (Wildman–Crippen LogP) is 1.26. The molecular formula is C12H14N2O3S. The summed E-state index contributed by atoms with van der Waals surface area (Å²) in [5.41, 5.74) is 6.60. The summed E-state index contributed by atoms with van der Waals surface area (Å²) < 4.78 is 0. The molecular weight excluding hydrogens is 252 g/mol. The molecule has 96 valence electrons. The Labute approximate surface area is 109 Å². The van der Waals surface area contributed by atoms with Gasteiger partial charge >= 0.3 is 5.97 Å². The van der Waals surface area contributed by atoms with Gasteiger partial charge in [0.15, 0.2) is 0 Å². The number of thioether (sulfide) groups is 1. The highest BCUT2D eigenvalue weighted by molar-refractivity contribution is 8.00. The molecule has 1 saturated heterocycles. The highest BCUT2D eigenvalue weighted by atomic mass is 32.2. The summed E-state index contributed by atoms with van der Waals surface area (Å²) in [5, 5.41) is 8.99. The minimum atomic E-state index is -0.962. The number of hydrogen-bond acceptors (Lipinski definition) is 4. The second-order valence-corrected chi connectivity index (χ2v) is 5.47. The maximum atomic E-state index is 12.3. The maximum Gasteiger partial charge on any atom is 0.327 e. The standard InChI is InChI=1S/C12H14N2O3S/c1-7-14(10(6-18-7)12(16)17)11(15)8-2-4-9(13)5-3-8/h2-5,7,10H,6,13H2,1H3,(H,16,17). The van der Waals surface area contributed by atoms with E-state index in [-0.39, 0.29) is 11.3 Å². The van der Waals surface area contributed by atoms with E-state index in [4.69, 9.17) is 10.8 Å². The molecule has 1 aliphatic rings. The molecule has 2 unspecified atom stereocenters. The van der Waals surface area contributed by atoms with Gasteiger partial charge in [-0.1, -0.05) is 0 Å². The Morgan fingerprint density at radius 1 is 1.39 bits per heavy atom. The van der Waals surface area contributed by atoms with Crippen LogP contribution in [-0.4, -0.2) is 39.1 Å². The minimum Gasteiger partial charge on any atom is -0.480 e. The third-order valence-electron chi connectivity index (χ3n) is 2.90. The number of nitrogens with two attached hydrogens (primary N) is 1. The Kier molecular flexibility index (Phi) is 3.47. The van der Waals surface area contributed by atoms with E-state index >= 15 is 0 Å². The van der Waals surface area contributed by atoms with Crippen LogP contribution in [0.15, 0.2) is 24.3 Å². The van der Waals surface area contributed by atoms with Crippen molar-refractivity contribution >= 4 is 29.3 Å². The summed E-state index contributed by atoms with van der Waals surface area (Å²) in [6.07, 6.45) is 0. The molecule has 0 bridgehead atoms. The lowest BCUT2D eigenvalue weighted by molar-refractivity contribution is -0.141. The quantitative estimate of drug-likeness (QED) is 0.787. The molecule has 3 N–H and O–H groups in total. The summed E-state index contributed by atoms with van der Waals surface area (Å²) in [6, 6.07) is 5.75. The van der Waals surface area contributed by atoms with Gasteiger partial charge in [0.25, 0.3) is 5.91 Å². The number of hydrogen-bond donors (Lipinski definition) is 2. The molecule has 0 saturated carbocycles. The number of nitrogens with zero attached hydrogens (tertiary/aromatic N) is 1. The van der Waals surface area contributed by atoms with Gasteiger partial charge in [-0.3, -0.25) is 4.79 Å². The van der Waals surface area contributed by atoms with Crippen molar-refractivity contribution in [2.75, 3.05) is 11.5 Å². The highest BCUT2D eigenvalue weighted by Gasteiger charge is 2.39. The summed E-state index contributed by atoms with van der Waals surface area (Å²) in [5.74, 6) is -0.799. The fraction of sp³-hybridized carbons (Fsp3) is 0.333. The number of aliphatic carboxylic acids is 1. The molecule has 0 aromatic heterocycles. The van der Waals surface area contributed by atoms with Gasteiger partial charge < -0.3 is 15.7 Å². The third-order valence-corrected chi connectivity index (χ3v) is 4.12. The first-order valence-corrected chi connectivity index (χ1v) is 6.58. The molecule has 5 nitrogen and oxygen atoms in total. The first kappa shape index (κ1) is 12.8. The SMILES string of the molecule is CC1SCC(C(=O)O)N1C(=O)c1ccc(N)cc1. The molecule has 1 aromatic carbocycles. The van der Waals surface area contributed by atoms with Crippen molar-refractivity contribution in [3.8, 4) is 0 Å². The van der Waals surface area contributed by atoms with E-state index < -0.39 is 12.0 Å². The summed E-state index contributed by atoms with van der Waals surface area (Å²) >= 11 is 1.47. The van der Waals surface area contributed by atoms with Gasteiger partial charge in [0.2, 0.25) is 0 Å². The van der Waals surface area contributed by atoms with Gasteiger partial charge in [0.1, 0.15) is 6.04 Å². The Morgan fingerprint density at radius 3 is 2.56 bits per heavy atom. The normalized spacial score (nSPS) is 23.1. The van der Waals surface area contributed by atoms with Crippen LogP contribution in [0.2, 0.25) is 0 Å². The largest absolute Gasteiger partial charge is 0.480 e. The summed E-state index contributed by atoms with van der Waals surface area (Å²) in [4.78, 5) is 24.8. The number of nitrogen functional groups attached to an aromatic ring is 1. The van der Waals surface area contributed by atoms with E-state index in [0.29, 0.717) is 17.0 Å². The van der Waals surface area contributed by atoms with E-state index in [1.165, 1.54) is 16.7 Å². The summed E-state index contributed by atoms with van der Waals surface area (Å²) in [7, 11) is 0. The smallest absolute Gasteiger partial charge is 0.327 e. The molecule has 2 rings (SSSR count). The number of amides is 1. The van der Waals surface area contributed by atoms with E-state index in [1.54, 1.807) is 24.3 Å². The van der Waals surface area contributed by atoms with Crippen molar-refractivity contribution in [2.45, 2.75) is 18.3 Å². The number of anilines is 1. The van der Waals surface area contributed by atoms with Crippen LogP contribution < -0.4 is 5.73 Å². The van der Waals surface area contributed by atoms with Crippen LogP contribution in [0.3, 0.4) is 0 Å². The zero-order valence-corrected chi connectivity index (χ0v) is 10.7. The Bertz CT molecular complexity index is 475. The Hall–Kier alpha value is -1.69. The van der Waals surface area contributed by atoms with E-state index in [0.717, 1.165) is 0 Å². The topological polar surface area (TPSA) is 83.6 Å². The number of carbonyl (C=O) groups excluding carboxylic acids is 1. The van der Waals surface area contributed by atoms with Gasteiger partial charge in [-0.2, -0.15) is 0 Å². The third kappa shape index (κ3) is 2.28. The molecule has 0 aliphatic carbocycles. The number of carboxylic acid groups (broad SMARTS) is 1. The van der Waals surface area contributed by atoms with Crippen molar-refractivity contribution in [2.24, 2.45) is 0 Å². The first-order chi connectivity index (χ1) is 8.50. The van der Waals surface area contributed by atoms with Gasteiger partial charge in [0, 0.05) is 17.0 Å². The lowest BCUT2D eigenvalue weighted by atomic mass is 10.1. The average molecular weight is 266 g/mol. The van der Waals surface area contributed by atoms with Gasteiger partial charge in [-0.05, 0) is 31.2 Å². The molecule has 1 fully saturated rings. The van der Waals surface area contributed by atoms with Crippen molar-refractivity contribution in [1.29, 1.82) is 0 Å². The van der Waals surface area contributed by atoms with Crippen LogP contribution in [0.4, 0.5) is 5.69 Å². The van der Waals surface area contributed by atoms with Crippen molar-refractivity contribution in [3.05, 3.63) is 29.8 Å². The molecule has 0 spiro atoms. The zero-order valence-electron chi connectivity index (χ0n) is 9.87. The van der Waals surface area contributed by atoms with Crippen molar-refractivity contribution < 1.29 is 14.7 Å². The molecule has 1 aliphatic heterocycles. The Morgan fingerprint density at radius 2 is 2.00 bits per heavy atom. The van der Waals surface area contributed by atoms with Crippen molar-refractivity contribution in [3.63, 3.8) is 0 Å². The lowest BCUT2D eigenvalue weighted by Gasteiger charge is -2.25. The summed E-state index contributed by atoms with van der Waals surface area (Å²) in [6.45, 7) is 1.84. The number of carbonyl (C=O) groups is 2. The van der Waals surface area contributed by atoms with Crippen LogP contribution >= 0.6 is 11.8 Å². The van der Waals surface area contributed by atoms with Gasteiger partial charge in [-0.25, -0.2) is 4.79 Å². The molecule has 1 amide bonds. The van der Waals surface area contributed by atoms with Crippen LogP contribution in [-0.2, 0) is 4.79 Å². The average Bonchev–Trinajstić information content (AvgIpc) is 2.71. The fourth-order valence-electron chi connectivity index (χ4n) is 1.92. The maximum absolute atomic E-state index is 12.3. The molecule has 1 aromatic rings. The first-order valence-electron chi connectivity index (χ1n) is 5.53. The molecule has 2 atom stereocenters. The van der Waals surface area contributed by atoms with Crippen molar-refractivity contribution in [1.82, 2.24) is 4.90 Å². The fourth-order valence-corrected chi connectivity index (χ4v) is 3.08. The molecule has 18 heavy (non-hydrogen) atoms. The number of rotatable bonds is 2. The van der Waals surface area contributed by atoms with E-state index in [2.05, 4.69) is 0 Å². The van der Waals surface area contributed by atoms with Crippen LogP contribution in [0, 0.1) is 0 Å². The second-order valence-electron chi connectivity index (χ2n) is 4.12. The van der Waals surface area contributed by atoms with Gasteiger partial charge in [0.05, 0.1) is 5.37 Å². The van der Waals surface area contributed by atoms with Gasteiger partial charge in [-0.15, -0.1) is 11.8 Å². The molecule has 1 heterocycles. The monoisotopic (exact) mass is 266 g/mol. The van der Waals surface area contributed by atoms with Crippen LogP contribution in [0.25, 0.3) is 0 Å². The van der Waals surface area contributed by atoms with Crippen LogP contribution in [0.5, 0.6) is 0 Å². The lowest BCUT2D eigenvalue weighted by Crippen LogP contribution is -2.44. The molecule has 0 radical (unpaired) electrons. The number of carboxylic acids is 1. The molecule has 6 heteroatoms. The minimum absolute atomic E-state index is 0.129. The zero-order chi connectivity index (χ0) is 13.3.